The van der Waals surface area contributed by atoms with Gasteiger partial charge in [-0.15, -0.1) is 0 Å². The van der Waals surface area contributed by atoms with E-state index in [4.69, 9.17) is 24.0 Å². The first-order chi connectivity index (χ1) is 18.5. The summed E-state index contributed by atoms with van der Waals surface area (Å²) in [4.78, 5) is 27.8. The maximum atomic E-state index is 13.2. The van der Waals surface area contributed by atoms with E-state index in [1.165, 1.54) is 6.42 Å². The zero-order valence-corrected chi connectivity index (χ0v) is 22.7. The summed E-state index contributed by atoms with van der Waals surface area (Å²) in [7, 11) is 2.17. The second kappa shape index (κ2) is 9.30. The standard InChI is InChI=1S/C29H39N5O4/c1-19(21-8-6-14-33(21)2)37-24-17-23(34-15-16-36-28(18-34)12-13-28)30-27(31-24)25-20-7-5-11-29(26(20)38-32-25)10-4-3-9-22(29)35/h17,19,21H,3-16,18H2,1-2H3/t19-,21-,29+/m0/s1. The fourth-order valence-electron chi connectivity index (χ4n) is 7.39. The highest BCUT2D eigenvalue weighted by Crippen LogP contribution is 2.48. The number of carbonyl (C=O) groups excluding carboxylic acids is 1. The Morgan fingerprint density at radius 1 is 1.08 bits per heavy atom. The number of hydrogen-bond donors (Lipinski definition) is 0. The van der Waals surface area contributed by atoms with Gasteiger partial charge in [-0.2, -0.15) is 4.98 Å². The van der Waals surface area contributed by atoms with Crippen LogP contribution in [0.3, 0.4) is 0 Å². The van der Waals surface area contributed by atoms with Crippen LogP contribution in [0.1, 0.15) is 82.5 Å². The minimum Gasteiger partial charge on any atom is -0.473 e. The number of nitrogens with zero attached hydrogens (tertiary/aromatic N) is 5. The van der Waals surface area contributed by atoms with Gasteiger partial charge in [-0.25, -0.2) is 4.98 Å². The van der Waals surface area contributed by atoms with Crippen LogP contribution >= 0.6 is 0 Å². The molecule has 2 aromatic rings. The molecule has 38 heavy (non-hydrogen) atoms. The number of carbonyl (C=O) groups is 1. The first-order valence-electron chi connectivity index (χ1n) is 14.6. The summed E-state index contributed by atoms with van der Waals surface area (Å²) in [5, 5.41) is 4.53. The van der Waals surface area contributed by atoms with Crippen molar-refractivity contribution in [1.82, 2.24) is 20.0 Å². The Bertz CT molecular complexity index is 1230. The van der Waals surface area contributed by atoms with Crippen molar-refractivity contribution in [1.29, 1.82) is 0 Å². The number of hydrogen-bond acceptors (Lipinski definition) is 9. The summed E-state index contributed by atoms with van der Waals surface area (Å²) >= 11 is 0. The van der Waals surface area contributed by atoms with Gasteiger partial charge in [0, 0.05) is 37.2 Å². The Morgan fingerprint density at radius 2 is 1.95 bits per heavy atom. The van der Waals surface area contributed by atoms with Crippen LogP contribution in [0.15, 0.2) is 10.6 Å². The molecule has 2 aromatic heterocycles. The summed E-state index contributed by atoms with van der Waals surface area (Å²) < 4.78 is 18.6. The van der Waals surface area contributed by atoms with Gasteiger partial charge >= 0.3 is 0 Å². The molecule has 0 radical (unpaired) electrons. The molecular weight excluding hydrogens is 482 g/mol. The van der Waals surface area contributed by atoms with Crippen molar-refractivity contribution >= 4 is 11.6 Å². The number of rotatable bonds is 5. The second-order valence-corrected chi connectivity index (χ2v) is 12.3. The highest BCUT2D eigenvalue weighted by Gasteiger charge is 2.49. The molecule has 7 rings (SSSR count). The molecule has 0 amide bonds. The highest BCUT2D eigenvalue weighted by molar-refractivity contribution is 5.91. The van der Waals surface area contributed by atoms with Crippen molar-refractivity contribution in [3.63, 3.8) is 0 Å². The van der Waals surface area contributed by atoms with Gasteiger partial charge in [0.2, 0.25) is 5.88 Å². The molecule has 204 valence electrons. The Labute approximate surface area is 224 Å². The molecule has 2 saturated carbocycles. The highest BCUT2D eigenvalue weighted by atomic mass is 16.5. The lowest BCUT2D eigenvalue weighted by molar-refractivity contribution is -0.128. The number of morpholine rings is 1. The van der Waals surface area contributed by atoms with Crippen molar-refractivity contribution in [3.8, 4) is 17.4 Å². The van der Waals surface area contributed by atoms with E-state index in [1.807, 2.05) is 6.07 Å². The zero-order valence-electron chi connectivity index (χ0n) is 22.7. The van der Waals surface area contributed by atoms with E-state index in [-0.39, 0.29) is 11.7 Å². The van der Waals surface area contributed by atoms with Crippen molar-refractivity contribution in [2.45, 2.75) is 101 Å². The minimum atomic E-state index is -0.516. The molecule has 3 atom stereocenters. The molecule has 0 bridgehead atoms. The smallest absolute Gasteiger partial charge is 0.219 e. The molecule has 0 aromatic carbocycles. The van der Waals surface area contributed by atoms with E-state index in [9.17, 15) is 4.79 Å². The largest absolute Gasteiger partial charge is 0.473 e. The fourth-order valence-corrected chi connectivity index (χ4v) is 7.39. The van der Waals surface area contributed by atoms with Crippen LogP contribution in [0.4, 0.5) is 5.82 Å². The van der Waals surface area contributed by atoms with Gasteiger partial charge in [-0.05, 0) is 78.3 Å². The number of fused-ring (bicyclic) bond motifs is 2. The monoisotopic (exact) mass is 521 g/mol. The topological polar surface area (TPSA) is 93.8 Å². The van der Waals surface area contributed by atoms with Crippen LogP contribution in [0.25, 0.3) is 11.5 Å². The minimum absolute atomic E-state index is 0.00640. The third kappa shape index (κ3) is 4.13. The summed E-state index contributed by atoms with van der Waals surface area (Å²) in [6.45, 7) is 5.55. The van der Waals surface area contributed by atoms with E-state index in [1.54, 1.807) is 0 Å². The molecule has 9 nitrogen and oxygen atoms in total. The van der Waals surface area contributed by atoms with Crippen LogP contribution in [-0.2, 0) is 21.4 Å². The molecule has 2 spiro atoms. The number of Topliss-reactive ketones (excluding diaryl/α,β-unsaturated/α-hetero) is 1. The average Bonchev–Trinajstić information content (AvgIpc) is 3.30. The normalized spacial score (nSPS) is 29.6. The van der Waals surface area contributed by atoms with Gasteiger partial charge in [0.25, 0.3) is 0 Å². The SMILES string of the molecule is C[C@H](Oc1cc(N2CCOC3(CC3)C2)nc(-c2noc3c2CCC[C@@]32CCCCC2=O)n1)[C@@H]1CCCN1C. The van der Waals surface area contributed by atoms with E-state index >= 15 is 0 Å². The molecule has 5 aliphatic rings. The maximum Gasteiger partial charge on any atom is 0.219 e. The predicted molar refractivity (Wildman–Crippen MR) is 141 cm³/mol. The number of likely N-dealkylation sites (tertiary alicyclic amines) is 1. The molecule has 4 fully saturated rings. The molecule has 0 unspecified atom stereocenters. The molecule has 4 heterocycles. The van der Waals surface area contributed by atoms with Crippen LogP contribution in [0.2, 0.25) is 0 Å². The average molecular weight is 522 g/mol. The van der Waals surface area contributed by atoms with Crippen LogP contribution in [-0.4, -0.2) is 76.8 Å². The van der Waals surface area contributed by atoms with Crippen molar-refractivity contribution in [2.75, 3.05) is 38.2 Å². The van der Waals surface area contributed by atoms with Gasteiger partial charge in [0.1, 0.15) is 17.7 Å². The van der Waals surface area contributed by atoms with Gasteiger partial charge in [-0.1, -0.05) is 11.6 Å². The maximum absolute atomic E-state index is 13.2. The third-order valence-corrected chi connectivity index (χ3v) is 9.75. The summed E-state index contributed by atoms with van der Waals surface area (Å²) in [5.41, 5.74) is 1.14. The molecule has 2 saturated heterocycles. The Balaban J connectivity index is 1.26. The molecule has 3 aliphatic carbocycles. The van der Waals surface area contributed by atoms with E-state index in [0.29, 0.717) is 42.3 Å². The Hall–Kier alpha value is -2.52. The van der Waals surface area contributed by atoms with E-state index < -0.39 is 5.41 Å². The van der Waals surface area contributed by atoms with Crippen LogP contribution < -0.4 is 9.64 Å². The number of ether oxygens (including phenoxy) is 2. The lowest BCUT2D eigenvalue weighted by atomic mass is 9.64. The number of ketones is 1. The molecular formula is C29H39N5O4. The summed E-state index contributed by atoms with van der Waals surface area (Å²) in [6.07, 6.45) is 10.7. The summed E-state index contributed by atoms with van der Waals surface area (Å²) in [6, 6.07) is 2.35. The Morgan fingerprint density at radius 3 is 2.74 bits per heavy atom. The lowest BCUT2D eigenvalue weighted by Crippen LogP contribution is -2.44. The number of aromatic nitrogens is 3. The first-order valence-corrected chi connectivity index (χ1v) is 14.6. The van der Waals surface area contributed by atoms with Gasteiger partial charge in [-0.3, -0.25) is 9.69 Å². The summed E-state index contributed by atoms with van der Waals surface area (Å²) in [5.74, 6) is 3.03. The second-order valence-electron chi connectivity index (χ2n) is 12.3. The van der Waals surface area contributed by atoms with Gasteiger partial charge in [0.15, 0.2) is 17.3 Å². The first kappa shape index (κ1) is 24.5. The van der Waals surface area contributed by atoms with E-state index in [2.05, 4.69) is 28.9 Å². The van der Waals surface area contributed by atoms with E-state index in [0.717, 1.165) is 94.6 Å². The Kier molecular flexibility index (Phi) is 6.00. The third-order valence-electron chi connectivity index (χ3n) is 9.75. The quantitative estimate of drug-likeness (QED) is 0.577. The van der Waals surface area contributed by atoms with Gasteiger partial charge in [0.05, 0.1) is 17.6 Å². The molecule has 0 N–H and O–H groups in total. The molecule has 2 aliphatic heterocycles. The predicted octanol–water partition coefficient (Wildman–Crippen LogP) is 4.08. The van der Waals surface area contributed by atoms with Crippen LogP contribution in [0.5, 0.6) is 5.88 Å². The van der Waals surface area contributed by atoms with Crippen LogP contribution in [0, 0.1) is 0 Å². The lowest BCUT2D eigenvalue weighted by Gasteiger charge is -2.36. The van der Waals surface area contributed by atoms with Crippen molar-refractivity contribution < 1.29 is 18.8 Å². The van der Waals surface area contributed by atoms with Gasteiger partial charge < -0.3 is 18.9 Å². The number of anilines is 1. The van der Waals surface area contributed by atoms with Crippen molar-refractivity contribution in [3.05, 3.63) is 17.4 Å². The van der Waals surface area contributed by atoms with Crippen molar-refractivity contribution in [2.24, 2.45) is 0 Å². The fraction of sp³-hybridized carbons (Fsp3) is 0.724. The zero-order chi connectivity index (χ0) is 25.9. The molecule has 9 heteroatoms. The number of likely N-dealkylation sites (N-methyl/N-ethyl adjacent to an activating group) is 1.